The molecule has 0 aliphatic rings. The van der Waals surface area contributed by atoms with Gasteiger partial charge in [0.2, 0.25) is 11.8 Å². The molecule has 0 saturated carbocycles. The van der Waals surface area contributed by atoms with Crippen molar-refractivity contribution in [3.05, 3.63) is 59.9 Å². The molecule has 0 atom stereocenters. The molecule has 0 amide bonds. The van der Waals surface area contributed by atoms with Crippen LogP contribution in [0.3, 0.4) is 0 Å². The Hall–Kier alpha value is -3.81. The van der Waals surface area contributed by atoms with Gasteiger partial charge in [0.15, 0.2) is 0 Å². The maximum absolute atomic E-state index is 5.90. The van der Waals surface area contributed by atoms with Gasteiger partial charge in [-0.25, -0.2) is 19.9 Å². The number of hydrogen-bond acceptors (Lipinski definition) is 8. The molecule has 0 radical (unpaired) electrons. The normalized spacial score (nSPS) is 10.8. The summed E-state index contributed by atoms with van der Waals surface area (Å²) in [6, 6.07) is 13.9. The molecule has 1 aromatic carbocycles. The van der Waals surface area contributed by atoms with Crippen molar-refractivity contribution in [2.75, 3.05) is 20.0 Å². The summed E-state index contributed by atoms with van der Waals surface area (Å²) in [6.45, 7) is 0. The summed E-state index contributed by atoms with van der Waals surface area (Å²) in [7, 11) is 3.04. The van der Waals surface area contributed by atoms with E-state index in [1.165, 1.54) is 14.2 Å². The van der Waals surface area contributed by atoms with Crippen molar-refractivity contribution in [1.29, 1.82) is 0 Å². The maximum Gasteiger partial charge on any atom is 0.319 e. The fourth-order valence-corrected chi connectivity index (χ4v) is 2.94. The fraction of sp³-hybridized carbons (Fsp3) is 0.150. The summed E-state index contributed by atoms with van der Waals surface area (Å²) < 4.78 is 10.4. The van der Waals surface area contributed by atoms with E-state index >= 15 is 0 Å². The third-order valence-corrected chi connectivity index (χ3v) is 4.23. The lowest BCUT2D eigenvalue weighted by Gasteiger charge is -2.10. The van der Waals surface area contributed by atoms with E-state index in [4.69, 9.17) is 20.2 Å². The number of rotatable bonds is 5. The first kappa shape index (κ1) is 17.6. The molecule has 0 aliphatic carbocycles. The summed E-state index contributed by atoms with van der Waals surface area (Å²) in [5.74, 6) is 0.595. The van der Waals surface area contributed by atoms with Crippen LogP contribution < -0.4 is 15.2 Å². The molecule has 4 rings (SSSR count). The lowest BCUT2D eigenvalue weighted by Crippen LogP contribution is -2.04. The van der Waals surface area contributed by atoms with E-state index in [1.54, 1.807) is 6.20 Å². The van der Waals surface area contributed by atoms with Gasteiger partial charge in [-0.3, -0.25) is 0 Å². The van der Waals surface area contributed by atoms with Crippen molar-refractivity contribution in [3.63, 3.8) is 0 Å². The highest BCUT2D eigenvalue weighted by molar-refractivity contribution is 5.81. The number of pyridine rings is 1. The number of nitrogens with zero attached hydrogens (tertiary/aromatic N) is 5. The Balaban J connectivity index is 1.84. The van der Waals surface area contributed by atoms with Gasteiger partial charge in [0, 0.05) is 12.6 Å². The Labute approximate surface area is 161 Å². The number of aromatic nitrogens is 5. The Morgan fingerprint density at radius 1 is 0.893 bits per heavy atom. The van der Waals surface area contributed by atoms with Crippen LogP contribution in [0, 0.1) is 0 Å². The minimum Gasteiger partial charge on any atom is -0.480 e. The van der Waals surface area contributed by atoms with Crippen LogP contribution in [-0.4, -0.2) is 39.1 Å². The van der Waals surface area contributed by atoms with E-state index in [9.17, 15) is 0 Å². The van der Waals surface area contributed by atoms with Crippen molar-refractivity contribution >= 4 is 17.0 Å². The van der Waals surface area contributed by atoms with Crippen molar-refractivity contribution in [1.82, 2.24) is 24.9 Å². The highest BCUT2D eigenvalue weighted by atomic mass is 16.5. The molecule has 3 aromatic heterocycles. The van der Waals surface area contributed by atoms with Gasteiger partial charge < -0.3 is 15.2 Å². The fourth-order valence-electron chi connectivity index (χ4n) is 2.94. The van der Waals surface area contributed by atoms with Crippen LogP contribution in [0.4, 0.5) is 5.95 Å². The highest BCUT2D eigenvalue weighted by Gasteiger charge is 2.15. The average Bonchev–Trinajstić information content (AvgIpc) is 2.73. The van der Waals surface area contributed by atoms with Crippen LogP contribution in [-0.2, 0) is 6.42 Å². The monoisotopic (exact) mass is 374 g/mol. The van der Waals surface area contributed by atoms with Gasteiger partial charge in [0.1, 0.15) is 5.52 Å². The number of ether oxygens (including phenoxy) is 2. The molecule has 2 N–H and O–H groups in total. The second-order valence-corrected chi connectivity index (χ2v) is 6.03. The van der Waals surface area contributed by atoms with E-state index in [0.29, 0.717) is 34.6 Å². The van der Waals surface area contributed by atoms with E-state index < -0.39 is 0 Å². The maximum atomic E-state index is 5.90. The summed E-state index contributed by atoms with van der Waals surface area (Å²) in [4.78, 5) is 21.9. The Bertz CT molecular complexity index is 1130. The Morgan fingerprint density at radius 3 is 2.46 bits per heavy atom. The topological polar surface area (TPSA) is 109 Å². The molecule has 28 heavy (non-hydrogen) atoms. The first-order chi connectivity index (χ1) is 13.7. The van der Waals surface area contributed by atoms with Gasteiger partial charge >= 0.3 is 6.01 Å². The number of hydrogen-bond donors (Lipinski definition) is 1. The smallest absolute Gasteiger partial charge is 0.319 e. The minimum absolute atomic E-state index is 0.221. The van der Waals surface area contributed by atoms with Gasteiger partial charge in [-0.05, 0) is 17.7 Å². The number of anilines is 1. The SMILES string of the molecule is COc1ncc(-c2ccc3nc(N)nc(Cc4ccccc4)c3n2)c(OC)n1. The third kappa shape index (κ3) is 3.39. The van der Waals surface area contributed by atoms with E-state index in [2.05, 4.69) is 19.9 Å². The van der Waals surface area contributed by atoms with E-state index in [-0.39, 0.29) is 12.0 Å². The Morgan fingerprint density at radius 2 is 1.71 bits per heavy atom. The van der Waals surface area contributed by atoms with E-state index in [1.807, 2.05) is 42.5 Å². The van der Waals surface area contributed by atoms with Gasteiger partial charge in [0.25, 0.3) is 0 Å². The minimum atomic E-state index is 0.221. The molecule has 0 unspecified atom stereocenters. The molecule has 8 nitrogen and oxygen atoms in total. The first-order valence-corrected chi connectivity index (χ1v) is 8.60. The summed E-state index contributed by atoms with van der Waals surface area (Å²) >= 11 is 0. The zero-order valence-corrected chi connectivity index (χ0v) is 15.5. The lowest BCUT2D eigenvalue weighted by molar-refractivity contribution is 0.353. The lowest BCUT2D eigenvalue weighted by atomic mass is 10.1. The third-order valence-electron chi connectivity index (χ3n) is 4.23. The van der Waals surface area contributed by atoms with Crippen LogP contribution in [0.1, 0.15) is 11.3 Å². The number of fused-ring (bicyclic) bond motifs is 1. The zero-order valence-electron chi connectivity index (χ0n) is 15.5. The predicted molar refractivity (Wildman–Crippen MR) is 105 cm³/mol. The van der Waals surface area contributed by atoms with Gasteiger partial charge in [-0.2, -0.15) is 4.98 Å². The molecule has 0 bridgehead atoms. The summed E-state index contributed by atoms with van der Waals surface area (Å²) in [5.41, 5.74) is 10.4. The zero-order chi connectivity index (χ0) is 19.5. The van der Waals surface area contributed by atoms with Gasteiger partial charge in [-0.1, -0.05) is 30.3 Å². The van der Waals surface area contributed by atoms with Crippen LogP contribution in [0.25, 0.3) is 22.3 Å². The quantitative estimate of drug-likeness (QED) is 0.568. The van der Waals surface area contributed by atoms with Crippen molar-refractivity contribution in [3.8, 4) is 23.1 Å². The average molecular weight is 374 g/mol. The van der Waals surface area contributed by atoms with Crippen LogP contribution in [0.15, 0.2) is 48.7 Å². The van der Waals surface area contributed by atoms with E-state index in [0.717, 1.165) is 11.3 Å². The first-order valence-electron chi connectivity index (χ1n) is 8.60. The molecule has 8 heteroatoms. The van der Waals surface area contributed by atoms with Gasteiger partial charge in [0.05, 0.1) is 36.7 Å². The number of nitrogen functional groups attached to an aromatic ring is 1. The van der Waals surface area contributed by atoms with Crippen LogP contribution in [0.2, 0.25) is 0 Å². The molecule has 3 heterocycles. The van der Waals surface area contributed by atoms with Gasteiger partial charge in [-0.15, -0.1) is 0 Å². The second-order valence-electron chi connectivity index (χ2n) is 6.03. The summed E-state index contributed by atoms with van der Waals surface area (Å²) in [6.07, 6.45) is 2.21. The molecule has 0 fully saturated rings. The molecule has 0 saturated heterocycles. The van der Waals surface area contributed by atoms with Crippen LogP contribution >= 0.6 is 0 Å². The highest BCUT2D eigenvalue weighted by Crippen LogP contribution is 2.29. The largest absolute Gasteiger partial charge is 0.480 e. The number of nitrogens with two attached hydrogens (primary N) is 1. The number of methoxy groups -OCH3 is 2. The van der Waals surface area contributed by atoms with Crippen LogP contribution in [0.5, 0.6) is 11.9 Å². The molecule has 0 spiro atoms. The van der Waals surface area contributed by atoms with Crippen molar-refractivity contribution in [2.45, 2.75) is 6.42 Å². The summed E-state index contributed by atoms with van der Waals surface area (Å²) in [5, 5.41) is 0. The molecule has 0 aliphatic heterocycles. The second kappa shape index (κ2) is 7.43. The Kier molecular flexibility index (Phi) is 4.67. The standard InChI is InChI=1S/C20H18N6O2/c1-27-18-13(11-22-20(26-18)28-2)14-8-9-15-17(23-14)16(25-19(21)24-15)10-12-6-4-3-5-7-12/h3-9,11H,10H2,1-2H3,(H2,21,24,25). The molecular weight excluding hydrogens is 356 g/mol. The molecular formula is C20H18N6O2. The predicted octanol–water partition coefficient (Wildman–Crippen LogP) is 2.67. The number of benzene rings is 1. The van der Waals surface area contributed by atoms with Crippen molar-refractivity contribution < 1.29 is 9.47 Å². The molecule has 140 valence electrons. The molecule has 4 aromatic rings. The van der Waals surface area contributed by atoms with Crippen molar-refractivity contribution in [2.24, 2.45) is 0 Å².